The lowest BCUT2D eigenvalue weighted by atomic mass is 9.47. The van der Waals surface area contributed by atoms with Crippen molar-refractivity contribution in [3.63, 3.8) is 0 Å². The van der Waals surface area contributed by atoms with Gasteiger partial charge < -0.3 is 43.5 Å². The van der Waals surface area contributed by atoms with Gasteiger partial charge in [0, 0.05) is 90.4 Å². The summed E-state index contributed by atoms with van der Waals surface area (Å²) in [6.07, 6.45) is 10.6. The van der Waals surface area contributed by atoms with Crippen molar-refractivity contribution >= 4 is 42.8 Å². The van der Waals surface area contributed by atoms with Gasteiger partial charge in [-0.05, 0) is 104 Å². The lowest BCUT2D eigenvalue weighted by Crippen LogP contribution is -2.82. The molecule has 14 nitrogen and oxygen atoms in total. The van der Waals surface area contributed by atoms with E-state index >= 15 is 9.59 Å². The van der Waals surface area contributed by atoms with E-state index in [-0.39, 0.29) is 24.5 Å². The second kappa shape index (κ2) is 19.8. The molecule has 3 aromatic carbocycles. The Morgan fingerprint density at radius 3 is 2.36 bits per heavy atom. The number of hydrogen-bond donors (Lipinski definition) is 3. The van der Waals surface area contributed by atoms with Crippen LogP contribution in [-0.2, 0) is 56.9 Å². The van der Waals surface area contributed by atoms with Gasteiger partial charge in [0.15, 0.2) is 8.32 Å². The Bertz CT molecular complexity index is 2850. The number of anilines is 1. The van der Waals surface area contributed by atoms with Crippen molar-refractivity contribution < 1.29 is 48.0 Å². The van der Waals surface area contributed by atoms with Crippen LogP contribution in [0.15, 0.2) is 78.9 Å². The number of hydrogen-bond acceptors (Lipinski definition) is 13. The summed E-state index contributed by atoms with van der Waals surface area (Å²) in [5, 5.41) is 27.5. The fraction of sp³-hybridized carbons (Fsp3) is 0.583. The molecule has 1 saturated carbocycles. The van der Waals surface area contributed by atoms with Crippen LogP contribution in [0, 0.1) is 11.3 Å². The smallest absolute Gasteiger partial charge is 0.342 e. The van der Waals surface area contributed by atoms with Crippen LogP contribution in [0.2, 0.25) is 18.1 Å². The standard InChI is InChI=1S/C60H78N4O10Si/c1-7-56(68)35-41-36-59(54(66)71-5,50-43(24-28-63(37-41)39-56)42-21-12-13-22-46(42)61-50)45-33-44-47(34-48(45)70-4)62(3)52-58(44)26-29-64-27-18-25-57(8-2,51(58)64)53(60(52,69)55(67)72-6)74-75(31-16-17-32-75)30-15-14-23-49(65)73-38-40-19-10-9-11-20-40/h9-13,18-22,25,33-34,41,51-53,61,68-69H,7-8,14-17,23-24,26-32,35-39H2,1-6H3/t41-,51+,52-,53-,56+,57-,58-,59+,60+/m1/s1. The van der Waals surface area contributed by atoms with Gasteiger partial charge in [0.05, 0.1) is 39.1 Å². The Kier molecular flexibility index (Phi) is 13.7. The zero-order valence-electron chi connectivity index (χ0n) is 45.0. The largest absolute Gasteiger partial charge is 0.496 e. The molecule has 7 heterocycles. The molecule has 2 bridgehead atoms. The Morgan fingerprint density at radius 1 is 0.867 bits per heavy atom. The number of likely N-dealkylation sites (N-methyl/N-ethyl adjacent to an activating group) is 1. The number of aromatic amines is 1. The summed E-state index contributed by atoms with van der Waals surface area (Å²) in [6.45, 7) is 7.88. The second-order valence-corrected chi connectivity index (χ2v) is 27.6. The highest BCUT2D eigenvalue weighted by atomic mass is 28.4. The summed E-state index contributed by atoms with van der Waals surface area (Å²) < 4.78 is 32.0. The van der Waals surface area contributed by atoms with Gasteiger partial charge in [0.2, 0.25) is 5.60 Å². The molecular weight excluding hydrogens is 965 g/mol. The number of carbonyl (C=O) groups is 3. The van der Waals surface area contributed by atoms with E-state index in [1.807, 2.05) is 62.5 Å². The van der Waals surface area contributed by atoms with E-state index in [9.17, 15) is 15.0 Å². The minimum Gasteiger partial charge on any atom is -0.496 e. The molecule has 6 aliphatic heterocycles. The maximum atomic E-state index is 15.6. The minimum atomic E-state index is -2.67. The zero-order valence-corrected chi connectivity index (χ0v) is 46.0. The van der Waals surface area contributed by atoms with E-state index in [0.29, 0.717) is 82.3 Å². The van der Waals surface area contributed by atoms with E-state index < -0.39 is 59.8 Å². The highest BCUT2D eigenvalue weighted by molar-refractivity contribution is 6.74. The van der Waals surface area contributed by atoms with Gasteiger partial charge in [-0.3, -0.25) is 19.4 Å². The molecule has 75 heavy (non-hydrogen) atoms. The van der Waals surface area contributed by atoms with Crippen molar-refractivity contribution in [1.82, 2.24) is 14.8 Å². The summed E-state index contributed by atoms with van der Waals surface area (Å²) in [7, 11) is 3.80. The number of aromatic nitrogens is 1. The van der Waals surface area contributed by atoms with Gasteiger partial charge in [-0.25, -0.2) is 4.79 Å². The number of H-pyrrole nitrogens is 1. The summed E-state index contributed by atoms with van der Waals surface area (Å²) >= 11 is 0. The maximum absolute atomic E-state index is 15.6. The van der Waals surface area contributed by atoms with Crippen LogP contribution in [0.4, 0.5) is 5.69 Å². The molecule has 1 aromatic heterocycles. The number of para-hydroxylation sites is 1. The number of rotatable bonds is 15. The lowest BCUT2D eigenvalue weighted by Gasteiger charge is -2.65. The first kappa shape index (κ1) is 52.0. The molecule has 4 fully saturated rings. The molecule has 10 atom stereocenters. The lowest BCUT2D eigenvalue weighted by molar-refractivity contribution is -0.214. The van der Waals surface area contributed by atoms with Crippen LogP contribution in [-0.4, -0.2) is 142 Å². The van der Waals surface area contributed by atoms with Gasteiger partial charge in [0.1, 0.15) is 17.8 Å². The molecule has 15 heteroatoms. The van der Waals surface area contributed by atoms with Crippen molar-refractivity contribution in [2.45, 2.75) is 149 Å². The molecule has 1 unspecified atom stereocenters. The highest BCUT2D eigenvalue weighted by Crippen LogP contribution is 2.69. The highest BCUT2D eigenvalue weighted by Gasteiger charge is 2.80. The summed E-state index contributed by atoms with van der Waals surface area (Å²) in [4.78, 5) is 54.7. The number of carbonyl (C=O) groups excluding carboxylic acids is 3. The molecule has 1 spiro atoms. The van der Waals surface area contributed by atoms with E-state index in [1.165, 1.54) is 14.2 Å². The number of esters is 3. The Morgan fingerprint density at radius 2 is 1.63 bits per heavy atom. The zero-order chi connectivity index (χ0) is 52.5. The van der Waals surface area contributed by atoms with E-state index in [4.69, 9.17) is 23.4 Å². The quantitative estimate of drug-likeness (QED) is 0.0345. The van der Waals surface area contributed by atoms with Gasteiger partial charge in [-0.1, -0.05) is 93.8 Å². The number of fused-ring (bicyclic) bond motifs is 6. The molecule has 1 aliphatic carbocycles. The monoisotopic (exact) mass is 1040 g/mol. The second-order valence-electron chi connectivity index (χ2n) is 23.5. The van der Waals surface area contributed by atoms with Crippen molar-refractivity contribution in [1.29, 1.82) is 0 Å². The summed E-state index contributed by atoms with van der Waals surface area (Å²) in [5.74, 6) is -0.947. The predicted molar refractivity (Wildman–Crippen MR) is 289 cm³/mol. The van der Waals surface area contributed by atoms with E-state index in [0.717, 1.165) is 89.5 Å². The van der Waals surface area contributed by atoms with Crippen LogP contribution in [0.5, 0.6) is 5.75 Å². The number of ether oxygens (including phenoxy) is 4. The average Bonchev–Trinajstić information content (AvgIpc) is 4.22. The van der Waals surface area contributed by atoms with Gasteiger partial charge in [0.25, 0.3) is 0 Å². The van der Waals surface area contributed by atoms with Gasteiger partial charge in [-0.15, -0.1) is 0 Å². The van der Waals surface area contributed by atoms with Crippen LogP contribution in [0.3, 0.4) is 0 Å². The molecule has 402 valence electrons. The Balaban J connectivity index is 1.04. The van der Waals surface area contributed by atoms with E-state index in [2.05, 4.69) is 57.0 Å². The minimum absolute atomic E-state index is 0.0950. The number of aliphatic hydroxyl groups is 2. The SMILES string of the molecule is CC[C@]1(O)C[C@H]2CN(CCc3c([nH]c4ccccc34)[C@@](C(=O)OC)(c3cc4c(cc3OC)N(C)[C@H]3[C@@](O)(C(=O)OC)[C@H](O[Si]5(CCCCC(=O)OCc6ccccc6)CCCC5)[C@]5(CC)C=CCN6CC[C@]43[C@@H]65)C2)C1. The topological polar surface area (TPSA) is 163 Å². The first-order valence-corrected chi connectivity index (χ1v) is 30.4. The third-order valence-electron chi connectivity index (χ3n) is 19.7. The van der Waals surface area contributed by atoms with Crippen molar-refractivity contribution in [2.24, 2.45) is 11.3 Å². The number of nitrogens with one attached hydrogen (secondary N) is 1. The molecular formula is C60H78N4O10Si. The number of unbranched alkanes of at least 4 members (excludes halogenated alkanes) is 1. The molecule has 4 aromatic rings. The van der Waals surface area contributed by atoms with Crippen LogP contribution < -0.4 is 9.64 Å². The van der Waals surface area contributed by atoms with Crippen LogP contribution in [0.1, 0.15) is 106 Å². The fourth-order valence-corrected chi connectivity index (χ4v) is 21.2. The molecule has 0 amide bonds. The van der Waals surface area contributed by atoms with Crippen LogP contribution in [0.25, 0.3) is 10.9 Å². The molecule has 11 rings (SSSR count). The number of piperidine rings is 1. The average molecular weight is 1040 g/mol. The van der Waals surface area contributed by atoms with E-state index in [1.54, 1.807) is 7.11 Å². The number of nitrogens with zero attached hydrogens (tertiary/aromatic N) is 3. The first-order chi connectivity index (χ1) is 36.2. The fourth-order valence-electron chi connectivity index (χ4n) is 16.6. The summed E-state index contributed by atoms with van der Waals surface area (Å²) in [6, 6.07) is 23.8. The van der Waals surface area contributed by atoms with Crippen molar-refractivity contribution in [3.8, 4) is 5.75 Å². The van der Waals surface area contributed by atoms with Crippen molar-refractivity contribution in [2.75, 3.05) is 66.0 Å². The summed E-state index contributed by atoms with van der Waals surface area (Å²) in [5.41, 5.74) is -0.0510. The normalized spacial score (nSPS) is 33.3. The number of benzene rings is 3. The molecule has 7 aliphatic rings. The number of methoxy groups -OCH3 is 3. The maximum Gasteiger partial charge on any atom is 0.342 e. The van der Waals surface area contributed by atoms with Crippen molar-refractivity contribution in [3.05, 3.63) is 107 Å². The third-order valence-corrected chi connectivity index (χ3v) is 24.2. The third kappa shape index (κ3) is 8.05. The Hall–Kier alpha value is -5.03. The predicted octanol–water partition coefficient (Wildman–Crippen LogP) is 8.10. The molecule has 3 N–H and O–H groups in total. The van der Waals surface area contributed by atoms with Gasteiger partial charge in [-0.2, -0.15) is 0 Å². The molecule has 3 saturated heterocycles. The van der Waals surface area contributed by atoms with Gasteiger partial charge >= 0.3 is 17.9 Å². The Labute approximate surface area is 443 Å². The molecule has 0 radical (unpaired) electrons. The van der Waals surface area contributed by atoms with Crippen LogP contribution >= 0.6 is 0 Å². The first-order valence-electron chi connectivity index (χ1n) is 27.9.